The van der Waals surface area contributed by atoms with Crippen molar-refractivity contribution in [2.75, 3.05) is 0 Å². The van der Waals surface area contributed by atoms with E-state index in [-0.39, 0.29) is 18.4 Å². The van der Waals surface area contributed by atoms with Crippen molar-refractivity contribution in [3.8, 4) is 5.75 Å². The Morgan fingerprint density at radius 2 is 1.81 bits per heavy atom. The van der Waals surface area contributed by atoms with E-state index in [2.05, 4.69) is 10.6 Å². The molecule has 2 amide bonds. The van der Waals surface area contributed by atoms with Gasteiger partial charge in [0.05, 0.1) is 0 Å². The summed E-state index contributed by atoms with van der Waals surface area (Å²) >= 11 is 0. The summed E-state index contributed by atoms with van der Waals surface area (Å²) in [7, 11) is 0. The molecule has 1 atom stereocenters. The minimum absolute atomic E-state index is 0.00744. The maximum Gasteiger partial charge on any atom is 0.258 e. The zero-order valence-corrected chi connectivity index (χ0v) is 12.0. The summed E-state index contributed by atoms with van der Waals surface area (Å²) in [5, 5.41) is 14.5. The molecule has 3 N–H and O–H groups in total. The summed E-state index contributed by atoms with van der Waals surface area (Å²) in [6, 6.07) is 0.554. The fourth-order valence-corrected chi connectivity index (χ4v) is 1.79. The van der Waals surface area contributed by atoms with Crippen molar-refractivity contribution in [2.45, 2.75) is 39.3 Å². The van der Waals surface area contributed by atoms with E-state index in [0.717, 1.165) is 0 Å². The molecule has 7 heteroatoms. The van der Waals surface area contributed by atoms with Gasteiger partial charge in [-0.05, 0) is 20.8 Å². The maximum atomic E-state index is 13.5. The fraction of sp³-hybridized carbons (Fsp3) is 0.429. The number of hydrogen-bond donors (Lipinski definition) is 3. The van der Waals surface area contributed by atoms with Crippen LogP contribution in [0.5, 0.6) is 5.75 Å². The van der Waals surface area contributed by atoms with Crippen LogP contribution in [0.1, 0.15) is 37.6 Å². The third-order valence-corrected chi connectivity index (χ3v) is 2.58. The van der Waals surface area contributed by atoms with E-state index in [1.54, 1.807) is 20.8 Å². The van der Waals surface area contributed by atoms with E-state index in [1.165, 1.54) is 0 Å². The number of phenolic OH excluding ortho intramolecular Hbond substituents is 1. The lowest BCUT2D eigenvalue weighted by Gasteiger charge is -2.16. The average Bonchev–Trinajstić information content (AvgIpc) is 2.24. The lowest BCUT2D eigenvalue weighted by Crippen LogP contribution is -2.39. The summed E-state index contributed by atoms with van der Waals surface area (Å²) < 4.78 is 26.3. The minimum atomic E-state index is -1.16. The Bertz CT molecular complexity index is 524. The smallest absolute Gasteiger partial charge is 0.258 e. The first-order chi connectivity index (χ1) is 9.70. The summed E-state index contributed by atoms with van der Waals surface area (Å²) in [6.45, 7) is 5.16. The summed E-state index contributed by atoms with van der Waals surface area (Å²) in [4.78, 5) is 23.4. The number of rotatable bonds is 5. The van der Waals surface area contributed by atoms with Crippen molar-refractivity contribution in [2.24, 2.45) is 0 Å². The van der Waals surface area contributed by atoms with Gasteiger partial charge in [-0.1, -0.05) is 0 Å². The van der Waals surface area contributed by atoms with Gasteiger partial charge in [0.25, 0.3) is 5.91 Å². The fourth-order valence-electron chi connectivity index (χ4n) is 1.79. The Kier molecular flexibility index (Phi) is 5.63. The van der Waals surface area contributed by atoms with Gasteiger partial charge in [0.2, 0.25) is 5.91 Å². The number of aromatic hydroxyl groups is 1. The lowest BCUT2D eigenvalue weighted by molar-refractivity contribution is -0.121. The molecule has 1 aromatic carbocycles. The molecule has 0 saturated carbocycles. The van der Waals surface area contributed by atoms with Crippen LogP contribution < -0.4 is 10.6 Å². The van der Waals surface area contributed by atoms with Crippen molar-refractivity contribution < 1.29 is 23.5 Å². The number of carbonyl (C=O) groups excluding carboxylic acids is 2. The van der Waals surface area contributed by atoms with Gasteiger partial charge in [-0.15, -0.1) is 0 Å². The van der Waals surface area contributed by atoms with Gasteiger partial charge >= 0.3 is 0 Å². The first-order valence-electron chi connectivity index (χ1n) is 6.49. The van der Waals surface area contributed by atoms with E-state index in [0.29, 0.717) is 12.1 Å². The molecular formula is C14H18F2N2O3. The minimum Gasteiger partial charge on any atom is -0.507 e. The largest absolute Gasteiger partial charge is 0.507 e. The van der Waals surface area contributed by atoms with Gasteiger partial charge in [0.1, 0.15) is 22.9 Å². The second-order valence-electron chi connectivity index (χ2n) is 5.08. The third-order valence-electron chi connectivity index (χ3n) is 2.58. The molecule has 0 fully saturated rings. The Morgan fingerprint density at radius 1 is 1.19 bits per heavy atom. The second-order valence-corrected chi connectivity index (χ2v) is 5.08. The molecule has 0 spiro atoms. The monoisotopic (exact) mass is 300 g/mol. The predicted molar refractivity (Wildman–Crippen MR) is 72.8 cm³/mol. The summed E-state index contributed by atoms with van der Waals surface area (Å²) in [5.41, 5.74) is -0.646. The number of nitrogens with one attached hydrogen (secondary N) is 2. The molecule has 1 aromatic rings. The first-order valence-corrected chi connectivity index (χ1v) is 6.49. The molecule has 116 valence electrons. The Hall–Kier alpha value is -2.18. The molecule has 1 rings (SSSR count). The molecule has 0 aliphatic carbocycles. The molecule has 1 unspecified atom stereocenters. The first kappa shape index (κ1) is 16.9. The summed E-state index contributed by atoms with van der Waals surface area (Å²) in [6.07, 6.45) is 0.00744. The number of hydrogen-bond acceptors (Lipinski definition) is 3. The zero-order valence-electron chi connectivity index (χ0n) is 12.0. The van der Waals surface area contributed by atoms with Crippen LogP contribution in [0.3, 0.4) is 0 Å². The van der Waals surface area contributed by atoms with E-state index in [9.17, 15) is 23.5 Å². The van der Waals surface area contributed by atoms with Gasteiger partial charge in [-0.25, -0.2) is 8.78 Å². The van der Waals surface area contributed by atoms with Crippen LogP contribution in [0, 0.1) is 11.6 Å². The van der Waals surface area contributed by atoms with E-state index in [1.807, 2.05) is 0 Å². The number of carbonyl (C=O) groups is 2. The van der Waals surface area contributed by atoms with Crippen molar-refractivity contribution in [1.29, 1.82) is 0 Å². The van der Waals surface area contributed by atoms with E-state index >= 15 is 0 Å². The van der Waals surface area contributed by atoms with Gasteiger partial charge in [-0.2, -0.15) is 0 Å². The molecule has 0 heterocycles. The van der Waals surface area contributed by atoms with Crippen molar-refractivity contribution in [1.82, 2.24) is 10.6 Å². The van der Waals surface area contributed by atoms with Crippen molar-refractivity contribution >= 4 is 11.8 Å². The van der Waals surface area contributed by atoms with Crippen LogP contribution >= 0.6 is 0 Å². The normalized spacial score (nSPS) is 12.1. The Morgan fingerprint density at radius 3 is 2.33 bits per heavy atom. The Balaban J connectivity index is 2.71. The van der Waals surface area contributed by atoms with Crippen molar-refractivity contribution in [3.63, 3.8) is 0 Å². The molecular weight excluding hydrogens is 282 g/mol. The molecule has 0 aromatic heterocycles. The quantitative estimate of drug-likeness (QED) is 0.774. The molecule has 0 radical (unpaired) electrons. The summed E-state index contributed by atoms with van der Waals surface area (Å²) in [5.74, 6) is -4.10. The number of benzene rings is 1. The third kappa shape index (κ3) is 5.02. The lowest BCUT2D eigenvalue weighted by atomic mass is 10.1. The SMILES string of the molecule is CC(C)NC(=O)CC(C)NC(=O)c1c(O)cc(F)cc1F. The van der Waals surface area contributed by atoms with Crippen LogP contribution in [0.15, 0.2) is 12.1 Å². The van der Waals surface area contributed by atoms with Gasteiger partial charge in [-0.3, -0.25) is 9.59 Å². The standard InChI is InChI=1S/C14H18F2N2O3/c1-7(2)17-12(20)4-8(3)18-14(21)13-10(16)5-9(15)6-11(13)19/h5-8,19H,4H2,1-3H3,(H,17,20)(H,18,21). The van der Waals surface area contributed by atoms with E-state index < -0.39 is 34.9 Å². The van der Waals surface area contributed by atoms with Crippen LogP contribution in [0.4, 0.5) is 8.78 Å². The number of halogens is 2. The highest BCUT2D eigenvalue weighted by molar-refractivity contribution is 5.97. The highest BCUT2D eigenvalue weighted by atomic mass is 19.1. The van der Waals surface area contributed by atoms with Crippen molar-refractivity contribution in [3.05, 3.63) is 29.3 Å². The highest BCUT2D eigenvalue weighted by Gasteiger charge is 2.21. The molecule has 0 aliphatic heterocycles. The molecule has 5 nitrogen and oxygen atoms in total. The molecule has 0 bridgehead atoms. The van der Waals surface area contributed by atoms with E-state index in [4.69, 9.17) is 0 Å². The van der Waals surface area contributed by atoms with Crippen LogP contribution in [-0.2, 0) is 4.79 Å². The topological polar surface area (TPSA) is 78.4 Å². The molecule has 0 aliphatic rings. The maximum absolute atomic E-state index is 13.5. The van der Waals surface area contributed by atoms with Crippen LogP contribution in [0.2, 0.25) is 0 Å². The second kappa shape index (κ2) is 7.01. The number of phenols is 1. The average molecular weight is 300 g/mol. The van der Waals surface area contributed by atoms with Crippen LogP contribution in [0.25, 0.3) is 0 Å². The molecule has 21 heavy (non-hydrogen) atoms. The van der Waals surface area contributed by atoms with Gasteiger partial charge in [0.15, 0.2) is 0 Å². The molecule has 0 saturated heterocycles. The van der Waals surface area contributed by atoms with Gasteiger partial charge < -0.3 is 15.7 Å². The zero-order chi connectivity index (χ0) is 16.2. The van der Waals surface area contributed by atoms with Gasteiger partial charge in [0, 0.05) is 30.6 Å². The predicted octanol–water partition coefficient (Wildman–Crippen LogP) is 1.70. The highest BCUT2D eigenvalue weighted by Crippen LogP contribution is 2.22. The van der Waals surface area contributed by atoms with Crippen LogP contribution in [-0.4, -0.2) is 29.0 Å². The number of amides is 2. The Labute approximate surface area is 121 Å².